The molecule has 274 valence electrons. The number of nitrogens with one attached hydrogen (secondary N) is 4. The van der Waals surface area contributed by atoms with Gasteiger partial charge in [0.2, 0.25) is 23.6 Å². The predicted octanol–water partition coefficient (Wildman–Crippen LogP) is 2.75. The Labute approximate surface area is 304 Å². The van der Waals surface area contributed by atoms with Crippen molar-refractivity contribution in [1.82, 2.24) is 30.7 Å². The van der Waals surface area contributed by atoms with Crippen LogP contribution < -0.4 is 16.0 Å². The molecule has 5 amide bonds. The highest BCUT2D eigenvalue weighted by atomic mass is 16.3. The van der Waals surface area contributed by atoms with Gasteiger partial charge in [0.25, 0.3) is 5.91 Å². The van der Waals surface area contributed by atoms with E-state index in [-0.39, 0.29) is 32.5 Å². The van der Waals surface area contributed by atoms with Crippen molar-refractivity contribution in [3.8, 4) is 0 Å². The van der Waals surface area contributed by atoms with E-state index in [1.807, 2.05) is 66.7 Å². The number of aromatic amines is 1. The van der Waals surface area contributed by atoms with E-state index in [0.717, 1.165) is 27.6 Å². The highest BCUT2D eigenvalue weighted by Crippen LogP contribution is 2.20. The minimum atomic E-state index is -1.07. The van der Waals surface area contributed by atoms with Gasteiger partial charge in [0.1, 0.15) is 18.1 Å². The van der Waals surface area contributed by atoms with Crippen molar-refractivity contribution in [1.29, 1.82) is 0 Å². The first-order chi connectivity index (χ1) is 24.8. The summed E-state index contributed by atoms with van der Waals surface area (Å²) in [5.41, 5.74) is 2.97. The average molecular weight is 709 g/mol. The van der Waals surface area contributed by atoms with Crippen molar-refractivity contribution in [2.24, 2.45) is 0 Å². The Balaban J connectivity index is 1.44. The zero-order chi connectivity index (χ0) is 37.4. The Morgan fingerprint density at radius 2 is 1.54 bits per heavy atom. The summed E-state index contributed by atoms with van der Waals surface area (Å²) in [4.78, 5) is 74.7. The standard InChI is InChI=1S/C40H48N6O6/c1-26-36(48)44-33(22-28-10-6-5-7-11-28)37(49)41-20-21-46(38(50)29-16-14-27(15-17-29)18-19-40(2,3)52)25-35(47)43-34(39(51)45(26)4)23-30-24-42-32-13-9-8-12-31(30)32/h5-17,24,26,33-34,42,52H,18-23,25H2,1-4H3,(H,41,49)(H,43,47)(H,44,48)/t26-,33-,34-/m0/s1. The van der Waals surface area contributed by atoms with Gasteiger partial charge in [-0.1, -0.05) is 60.7 Å². The summed E-state index contributed by atoms with van der Waals surface area (Å²) < 4.78 is 0. The molecule has 1 aromatic heterocycles. The van der Waals surface area contributed by atoms with Crippen LogP contribution in [-0.4, -0.2) is 99.8 Å². The van der Waals surface area contributed by atoms with Gasteiger partial charge in [-0.05, 0) is 68.5 Å². The first-order valence-corrected chi connectivity index (χ1v) is 17.6. The summed E-state index contributed by atoms with van der Waals surface area (Å²) in [5.74, 6) is -2.48. The number of para-hydroxylation sites is 1. The number of hydrogen-bond donors (Lipinski definition) is 5. The molecule has 52 heavy (non-hydrogen) atoms. The number of aromatic nitrogens is 1. The first kappa shape index (κ1) is 37.8. The van der Waals surface area contributed by atoms with E-state index in [4.69, 9.17) is 0 Å². The monoisotopic (exact) mass is 708 g/mol. The molecule has 0 bridgehead atoms. The average Bonchev–Trinajstić information content (AvgIpc) is 3.54. The number of H-pyrrole nitrogens is 1. The number of aryl methyl sites for hydroxylation is 1. The molecule has 1 aliphatic rings. The van der Waals surface area contributed by atoms with Crippen molar-refractivity contribution >= 4 is 40.4 Å². The Morgan fingerprint density at radius 3 is 2.25 bits per heavy atom. The van der Waals surface area contributed by atoms with Crippen LogP contribution in [0.1, 0.15) is 54.2 Å². The Morgan fingerprint density at radius 1 is 0.846 bits per heavy atom. The van der Waals surface area contributed by atoms with Crippen molar-refractivity contribution in [2.75, 3.05) is 26.7 Å². The second-order valence-electron chi connectivity index (χ2n) is 14.1. The van der Waals surface area contributed by atoms with E-state index >= 15 is 0 Å². The number of rotatable bonds is 8. The number of fused-ring (bicyclic) bond motifs is 1. The molecule has 1 saturated heterocycles. The maximum Gasteiger partial charge on any atom is 0.254 e. The molecule has 1 aliphatic heterocycles. The summed E-state index contributed by atoms with van der Waals surface area (Å²) in [6, 6.07) is 20.9. The lowest BCUT2D eigenvalue weighted by Gasteiger charge is -2.30. The van der Waals surface area contributed by atoms with Gasteiger partial charge in [-0.2, -0.15) is 0 Å². The maximum absolute atomic E-state index is 14.1. The lowest BCUT2D eigenvalue weighted by atomic mass is 9.98. The quantitative estimate of drug-likeness (QED) is 0.189. The molecule has 0 spiro atoms. The number of hydrogen-bond acceptors (Lipinski definition) is 6. The fourth-order valence-electron chi connectivity index (χ4n) is 6.23. The molecule has 12 nitrogen and oxygen atoms in total. The molecule has 3 aromatic carbocycles. The van der Waals surface area contributed by atoms with Crippen LogP contribution in [0.5, 0.6) is 0 Å². The Bertz CT molecular complexity index is 1880. The lowest BCUT2D eigenvalue weighted by Crippen LogP contribution is -2.57. The summed E-state index contributed by atoms with van der Waals surface area (Å²) in [5, 5.41) is 19.5. The number of benzene rings is 3. The van der Waals surface area contributed by atoms with Crippen LogP contribution in [0.3, 0.4) is 0 Å². The number of nitrogens with zero attached hydrogens (tertiary/aromatic N) is 2. The molecule has 0 aliphatic carbocycles. The molecule has 5 rings (SSSR count). The molecule has 2 heterocycles. The molecule has 5 N–H and O–H groups in total. The van der Waals surface area contributed by atoms with E-state index in [9.17, 15) is 29.1 Å². The molecule has 0 radical (unpaired) electrons. The maximum atomic E-state index is 14.1. The van der Waals surface area contributed by atoms with Gasteiger partial charge in [0, 0.05) is 55.6 Å². The van der Waals surface area contributed by atoms with Crippen LogP contribution >= 0.6 is 0 Å². The van der Waals surface area contributed by atoms with Crippen LogP contribution in [0, 0.1) is 0 Å². The number of amides is 5. The van der Waals surface area contributed by atoms with Crippen LogP contribution in [0.4, 0.5) is 0 Å². The van der Waals surface area contributed by atoms with E-state index in [1.54, 1.807) is 39.1 Å². The number of aliphatic hydroxyl groups is 1. The minimum Gasteiger partial charge on any atom is -0.390 e. The van der Waals surface area contributed by atoms with Crippen molar-refractivity contribution in [3.63, 3.8) is 0 Å². The predicted molar refractivity (Wildman–Crippen MR) is 198 cm³/mol. The highest BCUT2D eigenvalue weighted by molar-refractivity contribution is 5.98. The van der Waals surface area contributed by atoms with E-state index in [2.05, 4.69) is 20.9 Å². The fourth-order valence-corrected chi connectivity index (χ4v) is 6.23. The molecule has 0 saturated carbocycles. The molecule has 1 fully saturated rings. The summed E-state index contributed by atoms with van der Waals surface area (Å²) in [6.45, 7) is 4.68. The fraction of sp³-hybridized carbons (Fsp3) is 0.375. The van der Waals surface area contributed by atoms with Crippen LogP contribution in [-0.2, 0) is 38.4 Å². The van der Waals surface area contributed by atoms with E-state index < -0.39 is 53.3 Å². The summed E-state index contributed by atoms with van der Waals surface area (Å²) >= 11 is 0. The topological polar surface area (TPSA) is 164 Å². The van der Waals surface area contributed by atoms with Gasteiger partial charge >= 0.3 is 0 Å². The molecule has 12 heteroatoms. The number of carbonyl (C=O) groups is 5. The van der Waals surface area contributed by atoms with Gasteiger partial charge in [0.15, 0.2) is 0 Å². The van der Waals surface area contributed by atoms with Gasteiger partial charge in [-0.25, -0.2) is 0 Å². The second-order valence-corrected chi connectivity index (χ2v) is 14.1. The molecule has 3 atom stereocenters. The molecular weight excluding hydrogens is 660 g/mol. The van der Waals surface area contributed by atoms with Crippen LogP contribution in [0.2, 0.25) is 0 Å². The van der Waals surface area contributed by atoms with Gasteiger partial charge in [0.05, 0.1) is 12.1 Å². The zero-order valence-electron chi connectivity index (χ0n) is 30.1. The van der Waals surface area contributed by atoms with Gasteiger partial charge in [-0.15, -0.1) is 0 Å². The molecule has 0 unspecified atom stereocenters. The third-order valence-corrected chi connectivity index (χ3v) is 9.48. The third kappa shape index (κ3) is 9.85. The molecular formula is C40H48N6O6. The van der Waals surface area contributed by atoms with E-state index in [1.165, 1.54) is 16.8 Å². The van der Waals surface area contributed by atoms with Crippen molar-refractivity contribution in [3.05, 3.63) is 107 Å². The molecule has 4 aromatic rings. The van der Waals surface area contributed by atoms with Gasteiger partial charge in [-0.3, -0.25) is 24.0 Å². The van der Waals surface area contributed by atoms with Crippen LogP contribution in [0.25, 0.3) is 10.9 Å². The second kappa shape index (κ2) is 16.7. The Hall–Kier alpha value is -5.49. The lowest BCUT2D eigenvalue weighted by molar-refractivity contribution is -0.142. The number of likely N-dealkylation sites (N-methyl/N-ethyl adjacent to an activating group) is 1. The smallest absolute Gasteiger partial charge is 0.254 e. The van der Waals surface area contributed by atoms with E-state index in [0.29, 0.717) is 18.4 Å². The Kier molecular flexibility index (Phi) is 12.1. The van der Waals surface area contributed by atoms with Crippen LogP contribution in [0.15, 0.2) is 85.1 Å². The highest BCUT2D eigenvalue weighted by Gasteiger charge is 2.33. The van der Waals surface area contributed by atoms with Crippen molar-refractivity contribution in [2.45, 2.75) is 70.2 Å². The summed E-state index contributed by atoms with van der Waals surface area (Å²) in [7, 11) is 1.49. The van der Waals surface area contributed by atoms with Gasteiger partial charge < -0.3 is 35.8 Å². The third-order valence-electron chi connectivity index (χ3n) is 9.48. The normalized spacial score (nSPS) is 19.8. The largest absolute Gasteiger partial charge is 0.390 e. The minimum absolute atomic E-state index is 0.00976. The number of carbonyl (C=O) groups excluding carboxylic acids is 5. The SMILES string of the molecule is C[C@H]1C(=O)N[C@@H](Cc2ccccc2)C(=O)NCCN(C(=O)c2ccc(CCC(C)(C)O)cc2)CC(=O)N[C@@H](Cc2c[nH]c3ccccc23)C(=O)N1C. The first-order valence-electron chi connectivity index (χ1n) is 17.6. The summed E-state index contributed by atoms with van der Waals surface area (Å²) in [6.07, 6.45) is 3.29. The van der Waals surface area contributed by atoms with Crippen molar-refractivity contribution < 1.29 is 29.1 Å². The zero-order valence-corrected chi connectivity index (χ0v) is 30.1.